The molecule has 26 heavy (non-hydrogen) atoms. The highest BCUT2D eigenvalue weighted by Crippen LogP contribution is 2.19. The molecule has 3 rings (SSSR count). The van der Waals surface area contributed by atoms with Gasteiger partial charge in [0.25, 0.3) is 5.91 Å². The highest BCUT2D eigenvalue weighted by atomic mass is 32.2. The van der Waals surface area contributed by atoms with E-state index in [0.717, 1.165) is 19.4 Å². The van der Waals surface area contributed by atoms with Crippen LogP contribution in [-0.2, 0) is 15.6 Å². The molecule has 5 nitrogen and oxygen atoms in total. The van der Waals surface area contributed by atoms with Gasteiger partial charge in [0.2, 0.25) is 0 Å². The van der Waals surface area contributed by atoms with Crippen LogP contribution in [0.25, 0.3) is 0 Å². The summed E-state index contributed by atoms with van der Waals surface area (Å²) >= 11 is 0. The van der Waals surface area contributed by atoms with Crippen LogP contribution in [0.2, 0.25) is 0 Å². The Morgan fingerprint density at radius 3 is 2.54 bits per heavy atom. The van der Waals surface area contributed by atoms with Gasteiger partial charge >= 0.3 is 0 Å². The van der Waals surface area contributed by atoms with Crippen molar-refractivity contribution >= 4 is 15.7 Å². The van der Waals surface area contributed by atoms with Crippen molar-refractivity contribution in [2.45, 2.75) is 42.5 Å². The van der Waals surface area contributed by atoms with E-state index in [-0.39, 0.29) is 28.6 Å². The second kappa shape index (κ2) is 8.01. The lowest BCUT2D eigenvalue weighted by molar-refractivity contribution is 0.0919. The van der Waals surface area contributed by atoms with Crippen LogP contribution in [0.3, 0.4) is 0 Å². The first-order valence-corrected chi connectivity index (χ1v) is 10.5. The molecule has 0 radical (unpaired) electrons. The Morgan fingerprint density at radius 1 is 1.12 bits per heavy atom. The summed E-state index contributed by atoms with van der Waals surface area (Å²) in [6.45, 7) is 3.01. The Morgan fingerprint density at radius 2 is 1.81 bits per heavy atom. The zero-order valence-corrected chi connectivity index (χ0v) is 15.6. The first-order valence-electron chi connectivity index (χ1n) is 8.87. The molecule has 2 unspecified atom stereocenters. The van der Waals surface area contributed by atoms with Gasteiger partial charge in [-0.1, -0.05) is 36.4 Å². The maximum absolute atomic E-state index is 12.8. The number of piperidine rings is 1. The smallest absolute Gasteiger partial charge is 0.251 e. The quantitative estimate of drug-likeness (QED) is 0.846. The molecule has 2 atom stereocenters. The molecule has 1 heterocycles. The van der Waals surface area contributed by atoms with Gasteiger partial charge in [-0.3, -0.25) is 4.79 Å². The van der Waals surface area contributed by atoms with Gasteiger partial charge < -0.3 is 10.6 Å². The second-order valence-corrected chi connectivity index (χ2v) is 8.68. The van der Waals surface area contributed by atoms with E-state index in [1.807, 2.05) is 0 Å². The summed E-state index contributed by atoms with van der Waals surface area (Å²) in [5.74, 6) is -0.413. The van der Waals surface area contributed by atoms with Crippen LogP contribution in [0.5, 0.6) is 0 Å². The van der Waals surface area contributed by atoms with Gasteiger partial charge in [-0.2, -0.15) is 0 Å². The minimum atomic E-state index is -3.51. The molecule has 1 aliphatic rings. The summed E-state index contributed by atoms with van der Waals surface area (Å²) in [7, 11) is -3.51. The van der Waals surface area contributed by atoms with Gasteiger partial charge in [-0.25, -0.2) is 8.42 Å². The first-order chi connectivity index (χ1) is 12.5. The molecule has 1 fully saturated rings. The van der Waals surface area contributed by atoms with Crippen LogP contribution >= 0.6 is 0 Å². The zero-order valence-electron chi connectivity index (χ0n) is 14.8. The number of hydrogen-bond donors (Lipinski definition) is 2. The third-order valence-electron chi connectivity index (χ3n) is 4.79. The Balaban J connectivity index is 1.81. The summed E-state index contributed by atoms with van der Waals surface area (Å²) < 4.78 is 25.4. The maximum Gasteiger partial charge on any atom is 0.251 e. The summed E-state index contributed by atoms with van der Waals surface area (Å²) in [6, 6.07) is 15.5. The average Bonchev–Trinajstić information content (AvgIpc) is 2.64. The van der Waals surface area contributed by atoms with Crippen molar-refractivity contribution in [3.63, 3.8) is 0 Å². The number of amides is 1. The van der Waals surface area contributed by atoms with Gasteiger partial charge in [-0.15, -0.1) is 0 Å². The zero-order chi connectivity index (χ0) is 18.6. The Bertz CT molecular complexity index is 866. The molecular formula is C20H24N2O3S. The molecule has 2 aromatic carbocycles. The lowest BCUT2D eigenvalue weighted by Crippen LogP contribution is -2.52. The molecule has 1 amide bonds. The topological polar surface area (TPSA) is 75.3 Å². The van der Waals surface area contributed by atoms with Crippen molar-refractivity contribution < 1.29 is 13.2 Å². The van der Waals surface area contributed by atoms with Gasteiger partial charge in [0, 0.05) is 17.6 Å². The van der Waals surface area contributed by atoms with Gasteiger partial charge in [0.15, 0.2) is 9.84 Å². The number of benzene rings is 2. The van der Waals surface area contributed by atoms with Crippen molar-refractivity contribution in [2.24, 2.45) is 0 Å². The minimum Gasteiger partial charge on any atom is -0.348 e. The summed E-state index contributed by atoms with van der Waals surface area (Å²) in [6.07, 6.45) is 1.93. The van der Waals surface area contributed by atoms with E-state index in [9.17, 15) is 13.2 Å². The van der Waals surface area contributed by atoms with Crippen LogP contribution in [0, 0.1) is 0 Å². The van der Waals surface area contributed by atoms with Crippen molar-refractivity contribution in [3.05, 3.63) is 65.7 Å². The van der Waals surface area contributed by atoms with Crippen molar-refractivity contribution in [1.29, 1.82) is 0 Å². The monoisotopic (exact) mass is 372 g/mol. The second-order valence-electron chi connectivity index (χ2n) is 6.69. The standard InChI is InChI=1S/C20H24N2O3S/c1-15-19(12-7-13-21-15)22-20(23)18-11-6-5-8-16(18)14-26(24,25)17-9-3-2-4-10-17/h2-6,8-11,15,19,21H,7,12-14H2,1H3,(H,22,23). The third kappa shape index (κ3) is 4.31. The van der Waals surface area contributed by atoms with Gasteiger partial charge in [0.1, 0.15) is 0 Å². The number of rotatable bonds is 5. The molecule has 2 aromatic rings. The number of nitrogens with one attached hydrogen (secondary N) is 2. The van der Waals surface area contributed by atoms with Crippen LogP contribution in [0.1, 0.15) is 35.7 Å². The lowest BCUT2D eigenvalue weighted by Gasteiger charge is -2.30. The normalized spacial score (nSPS) is 20.5. The van der Waals surface area contributed by atoms with Gasteiger partial charge in [-0.05, 0) is 50.1 Å². The fourth-order valence-electron chi connectivity index (χ4n) is 3.27. The number of sulfone groups is 1. The highest BCUT2D eigenvalue weighted by Gasteiger charge is 2.25. The summed E-state index contributed by atoms with van der Waals surface area (Å²) in [5, 5.41) is 6.41. The van der Waals surface area contributed by atoms with Crippen LogP contribution in [-0.4, -0.2) is 33.0 Å². The van der Waals surface area contributed by atoms with E-state index in [4.69, 9.17) is 0 Å². The molecular weight excluding hydrogens is 348 g/mol. The van der Waals surface area contributed by atoms with E-state index < -0.39 is 9.84 Å². The summed E-state index contributed by atoms with van der Waals surface area (Å²) in [5.41, 5.74) is 0.940. The van der Waals surface area contributed by atoms with E-state index in [1.54, 1.807) is 54.6 Å². The molecule has 0 aliphatic carbocycles. The Hall–Kier alpha value is -2.18. The molecule has 1 saturated heterocycles. The molecule has 138 valence electrons. The van der Waals surface area contributed by atoms with E-state index in [1.165, 1.54) is 0 Å². The molecule has 1 aliphatic heterocycles. The van der Waals surface area contributed by atoms with Gasteiger partial charge in [0.05, 0.1) is 10.6 Å². The fourth-order valence-corrected chi connectivity index (χ4v) is 4.67. The molecule has 6 heteroatoms. The average molecular weight is 372 g/mol. The van der Waals surface area contributed by atoms with E-state index >= 15 is 0 Å². The van der Waals surface area contributed by atoms with Crippen LogP contribution in [0.4, 0.5) is 0 Å². The minimum absolute atomic E-state index is 0.0510. The molecule has 0 aromatic heterocycles. The SMILES string of the molecule is CC1NCCCC1NC(=O)c1ccccc1CS(=O)(=O)c1ccccc1. The lowest BCUT2D eigenvalue weighted by atomic mass is 9.99. The molecule has 0 spiro atoms. The molecule has 2 N–H and O–H groups in total. The molecule has 0 saturated carbocycles. The number of carbonyl (C=O) groups is 1. The van der Waals surface area contributed by atoms with Crippen molar-refractivity contribution in [3.8, 4) is 0 Å². The number of carbonyl (C=O) groups excluding carboxylic acids is 1. The third-order valence-corrected chi connectivity index (χ3v) is 6.47. The predicted molar refractivity (Wildman–Crippen MR) is 102 cm³/mol. The largest absolute Gasteiger partial charge is 0.348 e. The van der Waals surface area contributed by atoms with Crippen molar-refractivity contribution in [2.75, 3.05) is 6.54 Å². The molecule has 0 bridgehead atoms. The Kier molecular flexibility index (Phi) is 5.74. The maximum atomic E-state index is 12.8. The van der Waals surface area contributed by atoms with E-state index in [2.05, 4.69) is 17.6 Å². The van der Waals surface area contributed by atoms with Crippen LogP contribution < -0.4 is 10.6 Å². The predicted octanol–water partition coefficient (Wildman–Crippen LogP) is 2.53. The van der Waals surface area contributed by atoms with E-state index in [0.29, 0.717) is 11.1 Å². The first kappa shape index (κ1) is 18.6. The highest BCUT2D eigenvalue weighted by molar-refractivity contribution is 7.90. The summed E-state index contributed by atoms with van der Waals surface area (Å²) in [4.78, 5) is 13.0. The van der Waals surface area contributed by atoms with Crippen LogP contribution in [0.15, 0.2) is 59.5 Å². The fraction of sp³-hybridized carbons (Fsp3) is 0.350. The Labute approximate surface area is 154 Å². The number of hydrogen-bond acceptors (Lipinski definition) is 4. The van der Waals surface area contributed by atoms with Crippen molar-refractivity contribution in [1.82, 2.24) is 10.6 Å².